The highest BCUT2D eigenvalue weighted by Crippen LogP contribution is 2.36. The van der Waals surface area contributed by atoms with Gasteiger partial charge in [0.25, 0.3) is 0 Å². The zero-order chi connectivity index (χ0) is 22.5. The number of carbonyl (C=O) groups is 2. The summed E-state index contributed by atoms with van der Waals surface area (Å²) in [5.74, 6) is 1.01. The number of hydrogen-bond acceptors (Lipinski definition) is 6. The van der Waals surface area contributed by atoms with Gasteiger partial charge in [-0.05, 0) is 42.8 Å². The van der Waals surface area contributed by atoms with E-state index in [9.17, 15) is 9.59 Å². The van der Waals surface area contributed by atoms with E-state index in [0.29, 0.717) is 22.6 Å². The Bertz CT molecular complexity index is 1150. The number of hydrogen-bond donors (Lipinski definition) is 0. The maximum Gasteiger partial charge on any atom is 0.352 e. The van der Waals surface area contributed by atoms with Gasteiger partial charge in [-0.15, -0.1) is 0 Å². The molecule has 1 atom stereocenters. The fraction of sp³-hybridized carbons (Fsp3) is 0.154. The third-order valence-electron chi connectivity index (χ3n) is 4.91. The second-order valence-corrected chi connectivity index (χ2v) is 7.03. The molecule has 0 amide bonds. The first-order valence-corrected chi connectivity index (χ1v) is 10.2. The van der Waals surface area contributed by atoms with Crippen LogP contribution < -0.4 is 14.2 Å². The minimum atomic E-state index is -0.930. The van der Waals surface area contributed by atoms with E-state index in [-0.39, 0.29) is 18.1 Å². The van der Waals surface area contributed by atoms with Crippen molar-refractivity contribution in [3.8, 4) is 17.2 Å². The van der Waals surface area contributed by atoms with Crippen LogP contribution >= 0.6 is 0 Å². The smallest absolute Gasteiger partial charge is 0.352 e. The summed E-state index contributed by atoms with van der Waals surface area (Å²) in [7, 11) is 1.59. The van der Waals surface area contributed by atoms with Crippen LogP contribution in [0.15, 0.2) is 78.6 Å². The Morgan fingerprint density at radius 3 is 2.41 bits per heavy atom. The first-order chi connectivity index (χ1) is 15.6. The van der Waals surface area contributed by atoms with E-state index in [2.05, 4.69) is 0 Å². The number of ketones is 1. The number of carbonyl (C=O) groups excluding carboxylic acids is 2. The Kier molecular flexibility index (Phi) is 6.22. The summed E-state index contributed by atoms with van der Waals surface area (Å²) in [5.41, 5.74) is 1.91. The van der Waals surface area contributed by atoms with Crippen molar-refractivity contribution >= 4 is 17.8 Å². The molecule has 0 aliphatic carbocycles. The van der Waals surface area contributed by atoms with Crippen LogP contribution in [-0.4, -0.2) is 25.5 Å². The van der Waals surface area contributed by atoms with Crippen molar-refractivity contribution < 1.29 is 28.5 Å². The Morgan fingerprint density at radius 1 is 1.00 bits per heavy atom. The Hall–Kier alpha value is -4.06. The molecule has 1 aliphatic rings. The van der Waals surface area contributed by atoms with Crippen molar-refractivity contribution in [2.75, 3.05) is 13.7 Å². The maximum atomic E-state index is 12.7. The van der Waals surface area contributed by atoms with E-state index in [0.717, 1.165) is 11.3 Å². The molecule has 0 spiro atoms. The monoisotopic (exact) mass is 430 g/mol. The van der Waals surface area contributed by atoms with Crippen LogP contribution in [0.2, 0.25) is 0 Å². The van der Waals surface area contributed by atoms with Gasteiger partial charge in [-0.2, -0.15) is 0 Å². The quantitative estimate of drug-likeness (QED) is 0.388. The molecule has 1 aliphatic heterocycles. The van der Waals surface area contributed by atoms with Gasteiger partial charge >= 0.3 is 5.97 Å². The van der Waals surface area contributed by atoms with E-state index in [4.69, 9.17) is 18.9 Å². The normalized spacial score (nSPS) is 14.4. The van der Waals surface area contributed by atoms with E-state index in [1.54, 1.807) is 50.4 Å². The molecule has 162 valence electrons. The third-order valence-corrected chi connectivity index (χ3v) is 4.91. The number of Topliss-reactive ketones (excluding diaryl/α,β-unsaturated/α-hetero) is 1. The molecule has 4 rings (SSSR count). The lowest BCUT2D eigenvalue weighted by molar-refractivity contribution is -0.151. The molecule has 6 nitrogen and oxygen atoms in total. The van der Waals surface area contributed by atoms with Gasteiger partial charge in [0.05, 0.1) is 19.3 Å². The summed E-state index contributed by atoms with van der Waals surface area (Å²) in [6.45, 7) is 1.98. The maximum absolute atomic E-state index is 12.7. The molecule has 3 aromatic carbocycles. The average molecular weight is 430 g/mol. The molecule has 0 N–H and O–H groups in total. The molecule has 0 bridgehead atoms. The molecular formula is C26H22O6. The Labute approximate surface area is 186 Å². The summed E-state index contributed by atoms with van der Waals surface area (Å²) >= 11 is 0. The Morgan fingerprint density at radius 2 is 1.72 bits per heavy atom. The first-order valence-electron chi connectivity index (χ1n) is 10.2. The van der Waals surface area contributed by atoms with Crippen molar-refractivity contribution in [3.63, 3.8) is 0 Å². The van der Waals surface area contributed by atoms with Crippen LogP contribution in [0.4, 0.5) is 0 Å². The zero-order valence-electron chi connectivity index (χ0n) is 17.7. The average Bonchev–Trinajstić information content (AvgIpc) is 3.13. The van der Waals surface area contributed by atoms with Crippen molar-refractivity contribution in [1.29, 1.82) is 0 Å². The lowest BCUT2D eigenvalue weighted by Crippen LogP contribution is -2.21. The van der Waals surface area contributed by atoms with Crippen molar-refractivity contribution in [1.82, 2.24) is 0 Å². The fourth-order valence-electron chi connectivity index (χ4n) is 3.33. The molecule has 1 heterocycles. The molecule has 0 saturated heterocycles. The van der Waals surface area contributed by atoms with Gasteiger partial charge in [0.2, 0.25) is 11.9 Å². The molecule has 0 radical (unpaired) electrons. The molecule has 0 aromatic heterocycles. The summed E-state index contributed by atoms with van der Waals surface area (Å²) in [6.07, 6.45) is 0.744. The molecule has 0 saturated carbocycles. The predicted octanol–water partition coefficient (Wildman–Crippen LogP) is 4.99. The molecule has 3 aromatic rings. The van der Waals surface area contributed by atoms with Crippen LogP contribution in [0, 0.1) is 0 Å². The van der Waals surface area contributed by atoms with Gasteiger partial charge in [0, 0.05) is 11.6 Å². The highest BCUT2D eigenvalue weighted by Gasteiger charge is 2.29. The SMILES string of the molecule is CCOC(=O)[C@H](Oc1ccc2c(c1)OC(=Cc1ccc(OC)cc1)C2=O)c1ccccc1. The van der Waals surface area contributed by atoms with E-state index in [1.165, 1.54) is 0 Å². The number of ether oxygens (including phenoxy) is 4. The topological polar surface area (TPSA) is 71.1 Å². The zero-order valence-corrected chi connectivity index (χ0v) is 17.7. The van der Waals surface area contributed by atoms with E-state index >= 15 is 0 Å². The Balaban J connectivity index is 1.57. The van der Waals surface area contributed by atoms with Gasteiger partial charge < -0.3 is 18.9 Å². The van der Waals surface area contributed by atoms with Crippen molar-refractivity contribution in [2.24, 2.45) is 0 Å². The van der Waals surface area contributed by atoms with E-state index in [1.807, 2.05) is 42.5 Å². The number of benzene rings is 3. The van der Waals surface area contributed by atoms with Gasteiger partial charge in [-0.1, -0.05) is 42.5 Å². The van der Waals surface area contributed by atoms with Gasteiger partial charge in [0.1, 0.15) is 17.2 Å². The van der Waals surface area contributed by atoms with Crippen LogP contribution in [0.5, 0.6) is 17.2 Å². The lowest BCUT2D eigenvalue weighted by atomic mass is 10.1. The van der Waals surface area contributed by atoms with Crippen molar-refractivity contribution in [2.45, 2.75) is 13.0 Å². The van der Waals surface area contributed by atoms with Crippen LogP contribution in [-0.2, 0) is 9.53 Å². The number of allylic oxidation sites excluding steroid dienone is 1. The van der Waals surface area contributed by atoms with E-state index < -0.39 is 12.1 Å². The molecular weight excluding hydrogens is 408 g/mol. The number of esters is 1. The standard InChI is InChI=1S/C26H22O6/c1-3-30-26(28)25(18-7-5-4-6-8-18)31-20-13-14-21-22(16-20)32-23(24(21)27)15-17-9-11-19(29-2)12-10-17/h4-16,25H,3H2,1-2H3/t25-/m1/s1. The predicted molar refractivity (Wildman–Crippen MR) is 119 cm³/mol. The first kappa shape index (κ1) is 21.2. The molecule has 0 fully saturated rings. The van der Waals surface area contributed by atoms with Gasteiger partial charge in [-0.25, -0.2) is 4.79 Å². The van der Waals surface area contributed by atoms with Crippen molar-refractivity contribution in [3.05, 3.63) is 95.2 Å². The highest BCUT2D eigenvalue weighted by molar-refractivity contribution is 6.14. The number of methoxy groups -OCH3 is 1. The molecule has 32 heavy (non-hydrogen) atoms. The fourth-order valence-corrected chi connectivity index (χ4v) is 3.33. The minimum Gasteiger partial charge on any atom is -0.497 e. The largest absolute Gasteiger partial charge is 0.497 e. The summed E-state index contributed by atoms with van der Waals surface area (Å²) in [4.78, 5) is 25.2. The van der Waals surface area contributed by atoms with Crippen LogP contribution in [0.3, 0.4) is 0 Å². The summed E-state index contributed by atoms with van der Waals surface area (Å²) in [6, 6.07) is 21.3. The second-order valence-electron chi connectivity index (χ2n) is 7.03. The van der Waals surface area contributed by atoms with Crippen LogP contribution in [0.25, 0.3) is 6.08 Å². The van der Waals surface area contributed by atoms with Gasteiger partial charge in [0.15, 0.2) is 5.76 Å². The molecule has 0 unspecified atom stereocenters. The second kappa shape index (κ2) is 9.39. The third kappa shape index (κ3) is 4.49. The molecule has 6 heteroatoms. The summed E-state index contributed by atoms with van der Waals surface area (Å²) in [5, 5.41) is 0. The van der Waals surface area contributed by atoms with Gasteiger partial charge in [-0.3, -0.25) is 4.79 Å². The number of fused-ring (bicyclic) bond motifs is 1. The highest BCUT2D eigenvalue weighted by atomic mass is 16.6. The lowest BCUT2D eigenvalue weighted by Gasteiger charge is -2.18. The number of rotatable bonds is 7. The summed E-state index contributed by atoms with van der Waals surface area (Å²) < 4.78 is 22.1. The van der Waals surface area contributed by atoms with Crippen LogP contribution in [0.1, 0.15) is 34.5 Å². The minimum absolute atomic E-state index is 0.215.